The first kappa shape index (κ1) is 15.3. The highest BCUT2D eigenvalue weighted by atomic mass is 16.5. The highest BCUT2D eigenvalue weighted by molar-refractivity contribution is 5.97. The molecule has 0 spiro atoms. The first-order chi connectivity index (χ1) is 8.95. The fraction of sp³-hybridized carbons (Fsp3) is 0.500. The lowest BCUT2D eigenvalue weighted by Gasteiger charge is -2.22. The van der Waals surface area contributed by atoms with Crippen LogP contribution >= 0.6 is 0 Å². The maximum Gasteiger partial charge on any atom is 0.255 e. The third kappa shape index (κ3) is 3.86. The molecule has 2 N–H and O–H groups in total. The summed E-state index contributed by atoms with van der Waals surface area (Å²) in [6.45, 7) is 3.72. The molecular formula is C14H21NO4. The van der Waals surface area contributed by atoms with Gasteiger partial charge in [-0.1, -0.05) is 13.0 Å². The molecule has 0 aliphatic carbocycles. The van der Waals surface area contributed by atoms with Crippen molar-refractivity contribution in [3.8, 4) is 11.5 Å². The summed E-state index contributed by atoms with van der Waals surface area (Å²) in [6, 6.07) is 5.09. The smallest absolute Gasteiger partial charge is 0.255 e. The Morgan fingerprint density at radius 3 is 2.58 bits per heavy atom. The molecule has 5 nitrogen and oxygen atoms in total. The van der Waals surface area contributed by atoms with Gasteiger partial charge in [-0.2, -0.15) is 0 Å². The van der Waals surface area contributed by atoms with Crippen LogP contribution < -0.4 is 14.8 Å². The van der Waals surface area contributed by atoms with Crippen molar-refractivity contribution in [3.05, 3.63) is 23.8 Å². The van der Waals surface area contributed by atoms with Gasteiger partial charge in [-0.3, -0.25) is 4.79 Å². The van der Waals surface area contributed by atoms with E-state index in [1.807, 2.05) is 6.92 Å². The molecule has 0 aliphatic rings. The van der Waals surface area contributed by atoms with Crippen LogP contribution in [0.2, 0.25) is 0 Å². The molecule has 1 amide bonds. The summed E-state index contributed by atoms with van der Waals surface area (Å²) >= 11 is 0. The van der Waals surface area contributed by atoms with Crippen LogP contribution in [0, 0.1) is 0 Å². The SMILES string of the molecule is CCC(C)(O)CNC(=O)c1cccc(OC)c1OC. The number of methoxy groups -OCH3 is 2. The van der Waals surface area contributed by atoms with Gasteiger partial charge in [0, 0.05) is 6.54 Å². The lowest BCUT2D eigenvalue weighted by Crippen LogP contribution is -2.40. The number of amides is 1. The molecule has 0 bridgehead atoms. The van der Waals surface area contributed by atoms with Gasteiger partial charge >= 0.3 is 0 Å². The second-order valence-electron chi connectivity index (χ2n) is 4.57. The number of hydrogen-bond acceptors (Lipinski definition) is 4. The predicted molar refractivity (Wildman–Crippen MR) is 72.8 cm³/mol. The van der Waals surface area contributed by atoms with Gasteiger partial charge in [0.25, 0.3) is 5.91 Å². The topological polar surface area (TPSA) is 67.8 Å². The van der Waals surface area contributed by atoms with Crippen LogP contribution in [0.3, 0.4) is 0 Å². The summed E-state index contributed by atoms with van der Waals surface area (Å²) in [7, 11) is 3.00. The number of ether oxygens (including phenoxy) is 2. The highest BCUT2D eigenvalue weighted by Crippen LogP contribution is 2.30. The molecule has 0 aliphatic heterocycles. The Bertz CT molecular complexity index is 443. The third-order valence-electron chi connectivity index (χ3n) is 3.04. The summed E-state index contributed by atoms with van der Waals surface area (Å²) < 4.78 is 10.3. The molecule has 0 heterocycles. The van der Waals surface area contributed by atoms with E-state index in [2.05, 4.69) is 5.32 Å². The first-order valence-electron chi connectivity index (χ1n) is 6.16. The van der Waals surface area contributed by atoms with E-state index in [4.69, 9.17) is 9.47 Å². The van der Waals surface area contributed by atoms with Crippen molar-refractivity contribution in [3.63, 3.8) is 0 Å². The molecule has 1 atom stereocenters. The van der Waals surface area contributed by atoms with Crippen LogP contribution in [0.4, 0.5) is 0 Å². The van der Waals surface area contributed by atoms with E-state index in [-0.39, 0.29) is 12.5 Å². The predicted octanol–water partition coefficient (Wildman–Crippen LogP) is 1.59. The van der Waals surface area contributed by atoms with E-state index in [1.165, 1.54) is 14.2 Å². The quantitative estimate of drug-likeness (QED) is 0.821. The number of para-hydroxylation sites is 1. The largest absolute Gasteiger partial charge is 0.493 e. The molecule has 1 aromatic carbocycles. The minimum atomic E-state index is -0.915. The summed E-state index contributed by atoms with van der Waals surface area (Å²) in [4.78, 5) is 12.1. The Labute approximate surface area is 113 Å². The first-order valence-corrected chi connectivity index (χ1v) is 6.16. The normalized spacial score (nSPS) is 13.5. The number of nitrogens with one attached hydrogen (secondary N) is 1. The van der Waals surface area contributed by atoms with Gasteiger partial charge in [0.1, 0.15) is 0 Å². The van der Waals surface area contributed by atoms with Crippen molar-refractivity contribution in [2.45, 2.75) is 25.9 Å². The Kier molecular flexibility index (Phi) is 5.18. The molecule has 0 radical (unpaired) electrons. The summed E-state index contributed by atoms with van der Waals surface area (Å²) in [5.41, 5.74) is -0.532. The molecule has 106 valence electrons. The minimum absolute atomic E-state index is 0.183. The van der Waals surface area contributed by atoms with E-state index < -0.39 is 5.60 Å². The van der Waals surface area contributed by atoms with Gasteiger partial charge in [-0.25, -0.2) is 0 Å². The molecule has 19 heavy (non-hydrogen) atoms. The monoisotopic (exact) mass is 267 g/mol. The zero-order valence-electron chi connectivity index (χ0n) is 11.8. The van der Waals surface area contributed by atoms with Crippen molar-refractivity contribution in [1.82, 2.24) is 5.32 Å². The van der Waals surface area contributed by atoms with E-state index >= 15 is 0 Å². The van der Waals surface area contributed by atoms with E-state index in [0.29, 0.717) is 23.5 Å². The van der Waals surface area contributed by atoms with Gasteiger partial charge < -0.3 is 19.9 Å². The molecular weight excluding hydrogens is 246 g/mol. The van der Waals surface area contributed by atoms with Crippen molar-refractivity contribution in [2.24, 2.45) is 0 Å². The summed E-state index contributed by atoms with van der Waals surface area (Å²) in [5, 5.41) is 12.6. The van der Waals surface area contributed by atoms with Gasteiger partial charge in [0.15, 0.2) is 11.5 Å². The highest BCUT2D eigenvalue weighted by Gasteiger charge is 2.21. The van der Waals surface area contributed by atoms with E-state index in [1.54, 1.807) is 25.1 Å². The third-order valence-corrected chi connectivity index (χ3v) is 3.04. The van der Waals surface area contributed by atoms with Crippen molar-refractivity contribution in [1.29, 1.82) is 0 Å². The second kappa shape index (κ2) is 6.43. The molecule has 1 unspecified atom stereocenters. The average Bonchev–Trinajstić information content (AvgIpc) is 2.43. The fourth-order valence-electron chi connectivity index (χ4n) is 1.56. The Morgan fingerprint density at radius 1 is 1.37 bits per heavy atom. The van der Waals surface area contributed by atoms with Crippen LogP contribution in [-0.2, 0) is 0 Å². The van der Waals surface area contributed by atoms with Crippen molar-refractivity contribution in [2.75, 3.05) is 20.8 Å². The standard InChI is InChI=1S/C14H21NO4/c1-5-14(2,17)9-15-13(16)10-7-6-8-11(18-3)12(10)19-4/h6-8,17H,5,9H2,1-4H3,(H,15,16). The molecule has 0 saturated carbocycles. The second-order valence-corrected chi connectivity index (χ2v) is 4.57. The van der Waals surface area contributed by atoms with Crippen LogP contribution in [0.1, 0.15) is 30.6 Å². The summed E-state index contributed by atoms with van der Waals surface area (Å²) in [6.07, 6.45) is 0.558. The van der Waals surface area contributed by atoms with Crippen LogP contribution in [0.15, 0.2) is 18.2 Å². The lowest BCUT2D eigenvalue weighted by molar-refractivity contribution is 0.0517. The van der Waals surface area contributed by atoms with Gasteiger partial charge in [0.2, 0.25) is 0 Å². The minimum Gasteiger partial charge on any atom is -0.493 e. The number of hydrogen-bond donors (Lipinski definition) is 2. The van der Waals surface area contributed by atoms with Crippen molar-refractivity contribution >= 4 is 5.91 Å². The number of benzene rings is 1. The zero-order chi connectivity index (χ0) is 14.5. The van der Waals surface area contributed by atoms with Crippen LogP contribution in [0.5, 0.6) is 11.5 Å². The number of carbonyl (C=O) groups excluding carboxylic acids is 1. The van der Waals surface area contributed by atoms with Gasteiger partial charge in [0.05, 0.1) is 25.4 Å². The van der Waals surface area contributed by atoms with Gasteiger partial charge in [-0.15, -0.1) is 0 Å². The number of aliphatic hydroxyl groups is 1. The Hall–Kier alpha value is -1.75. The molecule has 1 rings (SSSR count). The summed E-state index contributed by atoms with van der Waals surface area (Å²) in [5.74, 6) is 0.584. The van der Waals surface area contributed by atoms with Gasteiger partial charge in [-0.05, 0) is 25.5 Å². The maximum absolute atomic E-state index is 12.1. The maximum atomic E-state index is 12.1. The fourth-order valence-corrected chi connectivity index (χ4v) is 1.56. The lowest BCUT2D eigenvalue weighted by atomic mass is 10.0. The molecule has 5 heteroatoms. The number of rotatable bonds is 6. The molecule has 0 aromatic heterocycles. The number of carbonyl (C=O) groups is 1. The van der Waals surface area contributed by atoms with Crippen molar-refractivity contribution < 1.29 is 19.4 Å². The Morgan fingerprint density at radius 2 is 2.05 bits per heavy atom. The van der Waals surface area contributed by atoms with E-state index in [0.717, 1.165) is 0 Å². The van der Waals surface area contributed by atoms with Crippen LogP contribution in [0.25, 0.3) is 0 Å². The molecule has 0 fully saturated rings. The molecule has 0 saturated heterocycles. The van der Waals surface area contributed by atoms with Crippen LogP contribution in [-0.4, -0.2) is 37.4 Å². The van der Waals surface area contributed by atoms with E-state index in [9.17, 15) is 9.90 Å². The molecule has 1 aromatic rings. The zero-order valence-corrected chi connectivity index (χ0v) is 11.8. The Balaban J connectivity index is 2.88. The average molecular weight is 267 g/mol.